The van der Waals surface area contributed by atoms with E-state index in [1.54, 1.807) is 0 Å². The van der Waals surface area contributed by atoms with Gasteiger partial charge in [-0.05, 0) is 116 Å². The van der Waals surface area contributed by atoms with E-state index in [2.05, 4.69) is 160 Å². The molecule has 0 rings (SSSR count). The molecule has 0 aliphatic heterocycles. The van der Waals surface area contributed by atoms with E-state index in [0.717, 1.165) is 141 Å². The minimum Gasteiger partial charge on any atom is -0.462 e. The number of phosphoric acid groups is 1. The highest BCUT2D eigenvalue weighted by Gasteiger charge is 2.27. The second-order valence-corrected chi connectivity index (χ2v) is 20.3. The van der Waals surface area contributed by atoms with Gasteiger partial charge in [-0.25, -0.2) is 4.57 Å². The molecule has 406 valence electrons. The van der Waals surface area contributed by atoms with Crippen LogP contribution in [-0.2, 0) is 32.7 Å². The van der Waals surface area contributed by atoms with Gasteiger partial charge in [-0.2, -0.15) is 0 Å². The fraction of sp³-hybridized carbons (Fsp3) is 0.581. The van der Waals surface area contributed by atoms with Crippen LogP contribution in [0.4, 0.5) is 0 Å². The molecule has 0 bridgehead atoms. The molecule has 0 aliphatic carbocycles. The summed E-state index contributed by atoms with van der Waals surface area (Å²) in [6, 6.07) is 0. The van der Waals surface area contributed by atoms with Crippen LogP contribution in [-0.4, -0.2) is 74.9 Å². The molecule has 10 heteroatoms. The van der Waals surface area contributed by atoms with Crippen LogP contribution in [0.15, 0.2) is 146 Å². The molecular formula is C62H101NO8P+. The fourth-order valence-electron chi connectivity index (χ4n) is 6.67. The first kappa shape index (κ1) is 67.9. The van der Waals surface area contributed by atoms with Gasteiger partial charge in [0.05, 0.1) is 27.7 Å². The Bertz CT molecular complexity index is 1720. The van der Waals surface area contributed by atoms with Crippen molar-refractivity contribution in [2.45, 2.75) is 187 Å². The zero-order chi connectivity index (χ0) is 52.7. The van der Waals surface area contributed by atoms with Crippen LogP contribution in [0.2, 0.25) is 0 Å². The molecule has 0 aliphatic rings. The number of unbranched alkanes of at least 4 members (excludes halogenated alkanes) is 10. The molecular weight excluding hydrogens is 918 g/mol. The molecule has 0 radical (unpaired) electrons. The molecule has 0 spiro atoms. The van der Waals surface area contributed by atoms with Crippen molar-refractivity contribution in [3.8, 4) is 0 Å². The zero-order valence-corrected chi connectivity index (χ0v) is 46.7. The number of hydrogen-bond donors (Lipinski definition) is 1. The lowest BCUT2D eigenvalue weighted by Gasteiger charge is -2.24. The first-order valence-electron chi connectivity index (χ1n) is 27.6. The summed E-state index contributed by atoms with van der Waals surface area (Å²) in [5, 5.41) is 0. The van der Waals surface area contributed by atoms with Crippen molar-refractivity contribution in [1.82, 2.24) is 0 Å². The number of carbonyl (C=O) groups is 2. The minimum atomic E-state index is -4.41. The molecule has 2 atom stereocenters. The Morgan fingerprint density at radius 1 is 0.431 bits per heavy atom. The molecule has 1 N–H and O–H groups in total. The van der Waals surface area contributed by atoms with Gasteiger partial charge in [0.15, 0.2) is 6.10 Å². The van der Waals surface area contributed by atoms with Crippen LogP contribution in [0.1, 0.15) is 181 Å². The van der Waals surface area contributed by atoms with Crippen molar-refractivity contribution < 1.29 is 42.1 Å². The van der Waals surface area contributed by atoms with E-state index < -0.39 is 32.5 Å². The van der Waals surface area contributed by atoms with E-state index in [-0.39, 0.29) is 26.1 Å². The van der Waals surface area contributed by atoms with Gasteiger partial charge in [-0.1, -0.05) is 198 Å². The molecule has 9 nitrogen and oxygen atoms in total. The average molecular weight is 1020 g/mol. The van der Waals surface area contributed by atoms with E-state index in [9.17, 15) is 19.0 Å². The monoisotopic (exact) mass is 1020 g/mol. The smallest absolute Gasteiger partial charge is 0.462 e. The van der Waals surface area contributed by atoms with Gasteiger partial charge in [0, 0.05) is 12.8 Å². The topological polar surface area (TPSA) is 108 Å². The number of hydrogen-bond acceptors (Lipinski definition) is 7. The highest BCUT2D eigenvalue weighted by Crippen LogP contribution is 2.43. The Morgan fingerprint density at radius 2 is 0.750 bits per heavy atom. The Balaban J connectivity index is 4.30. The van der Waals surface area contributed by atoms with E-state index >= 15 is 0 Å². The standard InChI is InChI=1S/C62H100NO8P/c1-6-8-10-12-14-16-18-20-22-24-25-26-27-28-29-30-31-32-33-34-35-36-37-39-41-43-45-47-49-51-53-55-62(65)71-60(59-70-72(66,67)69-57-56-63(3,4)5)58-68-61(64)54-52-50-48-46-44-42-40-38-23-21-19-17-15-13-11-9-7-2/h8-11,14-17,20-23,25-26,28-29,31-32,34-35,37,39-40,42,60H,6-7,12-13,18-19,24,27,30,33,36,38,41,43-59H2,1-5H3/p+1/b10-8-,11-9-,16-14-,17-15-,22-20-,23-21-,26-25-,29-28-,32-31-,35-34-,39-37-,42-40-. The Morgan fingerprint density at radius 3 is 1.11 bits per heavy atom. The molecule has 0 heterocycles. The lowest BCUT2D eigenvalue weighted by Crippen LogP contribution is -2.37. The molecule has 0 saturated heterocycles. The van der Waals surface area contributed by atoms with Crippen molar-refractivity contribution in [3.63, 3.8) is 0 Å². The predicted octanol–water partition coefficient (Wildman–Crippen LogP) is 17.1. The minimum absolute atomic E-state index is 0.0152. The number of rotatable bonds is 48. The molecule has 0 saturated carbocycles. The summed E-state index contributed by atoms with van der Waals surface area (Å²) >= 11 is 0. The summed E-state index contributed by atoms with van der Waals surface area (Å²) in [7, 11) is 1.42. The van der Waals surface area contributed by atoms with E-state index in [0.29, 0.717) is 23.9 Å². The van der Waals surface area contributed by atoms with E-state index in [1.807, 2.05) is 21.1 Å². The highest BCUT2D eigenvalue weighted by atomic mass is 31.2. The van der Waals surface area contributed by atoms with Gasteiger partial charge in [-0.3, -0.25) is 18.6 Å². The summed E-state index contributed by atoms with van der Waals surface area (Å²) in [6.07, 6.45) is 76.2. The van der Waals surface area contributed by atoms with Crippen LogP contribution in [0.5, 0.6) is 0 Å². The normalized spacial score (nSPS) is 14.5. The second-order valence-electron chi connectivity index (χ2n) is 18.8. The summed E-state index contributed by atoms with van der Waals surface area (Å²) in [6.45, 7) is 4.12. The number of phosphoric ester groups is 1. The Hall–Kier alpha value is -4.11. The van der Waals surface area contributed by atoms with Crippen LogP contribution in [0, 0.1) is 0 Å². The number of carbonyl (C=O) groups excluding carboxylic acids is 2. The summed E-state index contributed by atoms with van der Waals surface area (Å²) in [4.78, 5) is 35.6. The zero-order valence-electron chi connectivity index (χ0n) is 45.8. The molecule has 0 amide bonds. The summed E-state index contributed by atoms with van der Waals surface area (Å²) < 4.78 is 34.4. The lowest BCUT2D eigenvalue weighted by molar-refractivity contribution is -0.870. The molecule has 2 unspecified atom stereocenters. The van der Waals surface area contributed by atoms with Crippen LogP contribution >= 0.6 is 7.82 Å². The van der Waals surface area contributed by atoms with Gasteiger partial charge < -0.3 is 18.9 Å². The van der Waals surface area contributed by atoms with Gasteiger partial charge in [0.2, 0.25) is 0 Å². The number of likely N-dealkylation sites (N-methyl/N-ethyl adjacent to an activating group) is 1. The van der Waals surface area contributed by atoms with E-state index in [1.165, 1.54) is 0 Å². The van der Waals surface area contributed by atoms with Gasteiger partial charge >= 0.3 is 19.8 Å². The second kappa shape index (κ2) is 51.8. The molecule has 0 fully saturated rings. The Kier molecular flexibility index (Phi) is 48.8. The number of quaternary nitrogens is 1. The third-order valence-electron chi connectivity index (χ3n) is 10.9. The fourth-order valence-corrected chi connectivity index (χ4v) is 7.41. The average Bonchev–Trinajstić information content (AvgIpc) is 3.34. The van der Waals surface area contributed by atoms with Crippen molar-refractivity contribution in [2.24, 2.45) is 0 Å². The van der Waals surface area contributed by atoms with Gasteiger partial charge in [-0.15, -0.1) is 0 Å². The van der Waals surface area contributed by atoms with Crippen molar-refractivity contribution in [3.05, 3.63) is 146 Å². The van der Waals surface area contributed by atoms with Crippen molar-refractivity contribution in [2.75, 3.05) is 47.5 Å². The molecule has 0 aromatic rings. The maximum absolute atomic E-state index is 12.8. The Labute approximate surface area is 440 Å². The third kappa shape index (κ3) is 55.2. The third-order valence-corrected chi connectivity index (χ3v) is 11.8. The van der Waals surface area contributed by atoms with Crippen LogP contribution in [0.3, 0.4) is 0 Å². The van der Waals surface area contributed by atoms with Crippen molar-refractivity contribution in [1.29, 1.82) is 0 Å². The number of ether oxygens (including phenoxy) is 2. The largest absolute Gasteiger partial charge is 0.472 e. The highest BCUT2D eigenvalue weighted by molar-refractivity contribution is 7.47. The van der Waals surface area contributed by atoms with E-state index in [4.69, 9.17) is 18.5 Å². The summed E-state index contributed by atoms with van der Waals surface area (Å²) in [5.74, 6) is -0.857. The first-order chi connectivity index (χ1) is 35.0. The SMILES string of the molecule is CC/C=C\C/C=C\C/C=C\C/C=C\C/C=C\C/C=C\C/C=C\C/C=C\CCCCCCCCC(=O)OC(COC(=O)CCCCCC/C=C\C/C=C\C/C=C\C/C=C\CC)COP(=O)(O)OCC[N+](C)(C)C. The first-order valence-corrected chi connectivity index (χ1v) is 29.1. The predicted molar refractivity (Wildman–Crippen MR) is 307 cm³/mol. The molecule has 72 heavy (non-hydrogen) atoms. The maximum Gasteiger partial charge on any atom is 0.472 e. The molecule has 0 aromatic heterocycles. The number of allylic oxidation sites excluding steroid dienone is 24. The van der Waals surface area contributed by atoms with Gasteiger partial charge in [0.1, 0.15) is 19.8 Å². The number of esters is 2. The maximum atomic E-state index is 12.8. The lowest BCUT2D eigenvalue weighted by atomic mass is 10.1. The summed E-state index contributed by atoms with van der Waals surface area (Å²) in [5.41, 5.74) is 0. The van der Waals surface area contributed by atoms with Crippen molar-refractivity contribution >= 4 is 19.8 Å². The van der Waals surface area contributed by atoms with Crippen LogP contribution < -0.4 is 0 Å². The van der Waals surface area contributed by atoms with Gasteiger partial charge in [0.25, 0.3) is 0 Å². The molecule has 0 aromatic carbocycles. The number of nitrogens with zero attached hydrogens (tertiary/aromatic N) is 1. The van der Waals surface area contributed by atoms with Crippen LogP contribution in [0.25, 0.3) is 0 Å². The quantitative estimate of drug-likeness (QED) is 0.0211.